The van der Waals surface area contributed by atoms with Crippen LogP contribution in [0.3, 0.4) is 0 Å². The van der Waals surface area contributed by atoms with Crippen LogP contribution in [0.25, 0.3) is 5.57 Å². The fourth-order valence-corrected chi connectivity index (χ4v) is 4.82. The fourth-order valence-electron chi connectivity index (χ4n) is 2.93. The summed E-state index contributed by atoms with van der Waals surface area (Å²) in [4.78, 5) is 29.6. The third kappa shape index (κ3) is 2.62. The molecule has 0 unspecified atom stereocenters. The number of carbonyl (C=O) groups excluding carboxylic acids is 2. The van der Waals surface area contributed by atoms with Crippen LogP contribution in [-0.2, 0) is 9.59 Å². The first-order chi connectivity index (χ1) is 11.4. The lowest BCUT2D eigenvalue weighted by Crippen LogP contribution is -2.36. The number of thiocarbonyl (C=S) groups is 1. The number of rotatable bonds is 3. The Kier molecular flexibility index (Phi) is 4.86. The molecule has 1 fully saturated rings. The minimum atomic E-state index is -0.161. The van der Waals surface area contributed by atoms with Gasteiger partial charge in [0.15, 0.2) is 0 Å². The van der Waals surface area contributed by atoms with Crippen LogP contribution in [0, 0.1) is 0 Å². The predicted octanol–water partition coefficient (Wildman–Crippen LogP) is 4.19. The summed E-state index contributed by atoms with van der Waals surface area (Å²) in [7, 11) is 0. The van der Waals surface area contributed by atoms with Gasteiger partial charge in [-0.25, -0.2) is 0 Å². The highest BCUT2D eigenvalue weighted by molar-refractivity contribution is 9.10. The Morgan fingerprint density at radius 3 is 2.58 bits per heavy atom. The van der Waals surface area contributed by atoms with Crippen molar-refractivity contribution in [3.8, 4) is 0 Å². The molecule has 24 heavy (non-hydrogen) atoms. The first-order valence-corrected chi connectivity index (χ1v) is 9.83. The van der Waals surface area contributed by atoms with E-state index in [1.807, 2.05) is 39.0 Å². The summed E-state index contributed by atoms with van der Waals surface area (Å²) in [5.74, 6) is -0.290. The highest BCUT2D eigenvalue weighted by Gasteiger charge is 2.42. The Labute approximate surface area is 159 Å². The largest absolute Gasteiger partial charge is 0.308 e. The minimum absolute atomic E-state index is 0.0244. The van der Waals surface area contributed by atoms with Crippen LogP contribution in [0.2, 0.25) is 0 Å². The van der Waals surface area contributed by atoms with Gasteiger partial charge in [0, 0.05) is 22.6 Å². The second-order valence-corrected chi connectivity index (χ2v) is 8.28. The minimum Gasteiger partial charge on any atom is -0.308 e. The van der Waals surface area contributed by atoms with Crippen LogP contribution < -0.4 is 4.90 Å². The smallest absolute Gasteiger partial charge is 0.267 e. The molecule has 1 aromatic rings. The molecule has 3 rings (SSSR count). The number of nitrogens with zero attached hydrogens (tertiary/aromatic N) is 2. The normalized spacial score (nSPS) is 21.8. The van der Waals surface area contributed by atoms with Crippen LogP contribution in [0.15, 0.2) is 27.6 Å². The zero-order valence-corrected chi connectivity index (χ0v) is 16.8. The number of carbonyl (C=O) groups is 2. The van der Waals surface area contributed by atoms with Crippen LogP contribution in [0.5, 0.6) is 0 Å². The summed E-state index contributed by atoms with van der Waals surface area (Å²) in [6.07, 6.45) is 0.812. The molecule has 2 aliphatic heterocycles. The Balaban J connectivity index is 2.17. The second-order valence-electron chi connectivity index (χ2n) is 5.72. The standard InChI is InChI=1S/C17H17BrN2O2S2/c1-4-9(3)20-16(22)14(24-17(20)23)13-11-8-10(18)6-7-12(11)19(5-2)15(13)21/h6-9H,4-5H2,1-3H3/b14-13-/t9-/m1/s1. The fraction of sp³-hybridized carbons (Fsp3) is 0.353. The van der Waals surface area contributed by atoms with E-state index in [1.165, 1.54) is 11.8 Å². The Hall–Kier alpha value is -1.18. The number of fused-ring (bicyclic) bond motifs is 1. The molecule has 0 radical (unpaired) electrons. The zero-order chi connectivity index (χ0) is 17.6. The monoisotopic (exact) mass is 424 g/mol. The van der Waals surface area contributed by atoms with Crippen molar-refractivity contribution in [3.63, 3.8) is 0 Å². The van der Waals surface area contributed by atoms with Crippen molar-refractivity contribution in [2.75, 3.05) is 11.4 Å². The number of halogens is 1. The SMILES string of the molecule is CC[C@@H](C)N1C(=O)/C(=C2/C(=O)N(CC)c3ccc(Br)cc32)SC1=S. The maximum Gasteiger partial charge on any atom is 0.267 e. The van der Waals surface area contributed by atoms with Crippen LogP contribution in [-0.4, -0.2) is 33.6 Å². The highest BCUT2D eigenvalue weighted by atomic mass is 79.9. The van der Waals surface area contributed by atoms with E-state index in [4.69, 9.17) is 12.2 Å². The molecular formula is C17H17BrN2O2S2. The van der Waals surface area contributed by atoms with Gasteiger partial charge in [0.2, 0.25) is 0 Å². The molecular weight excluding hydrogens is 408 g/mol. The Morgan fingerprint density at radius 1 is 1.25 bits per heavy atom. The lowest BCUT2D eigenvalue weighted by molar-refractivity contribution is -0.123. The average molecular weight is 425 g/mol. The Bertz CT molecular complexity index is 791. The van der Waals surface area contributed by atoms with Gasteiger partial charge in [0.1, 0.15) is 4.32 Å². The third-order valence-electron chi connectivity index (χ3n) is 4.35. The lowest BCUT2D eigenvalue weighted by atomic mass is 10.1. The zero-order valence-electron chi connectivity index (χ0n) is 13.6. The summed E-state index contributed by atoms with van der Waals surface area (Å²) in [6.45, 7) is 6.47. The number of benzene rings is 1. The van der Waals surface area contributed by atoms with E-state index in [0.29, 0.717) is 21.3 Å². The summed E-state index contributed by atoms with van der Waals surface area (Å²) in [6, 6.07) is 5.73. The molecule has 1 saturated heterocycles. The van der Waals surface area contributed by atoms with Gasteiger partial charge in [-0.1, -0.05) is 46.8 Å². The van der Waals surface area contributed by atoms with E-state index in [9.17, 15) is 9.59 Å². The molecule has 2 amide bonds. The van der Waals surface area contributed by atoms with Gasteiger partial charge in [-0.05, 0) is 38.5 Å². The topological polar surface area (TPSA) is 40.6 Å². The molecule has 4 nitrogen and oxygen atoms in total. The van der Waals surface area contributed by atoms with Crippen molar-refractivity contribution in [1.29, 1.82) is 0 Å². The van der Waals surface area contributed by atoms with Crippen LogP contribution in [0.4, 0.5) is 5.69 Å². The van der Waals surface area contributed by atoms with Crippen LogP contribution in [0.1, 0.15) is 32.8 Å². The van der Waals surface area contributed by atoms with E-state index < -0.39 is 0 Å². The molecule has 0 bridgehead atoms. The molecule has 1 atom stereocenters. The van der Waals surface area contributed by atoms with Crippen molar-refractivity contribution < 1.29 is 9.59 Å². The number of hydrogen-bond acceptors (Lipinski definition) is 4. The highest BCUT2D eigenvalue weighted by Crippen LogP contribution is 2.45. The summed E-state index contributed by atoms with van der Waals surface area (Å²) in [5, 5.41) is 0. The van der Waals surface area contributed by atoms with E-state index in [2.05, 4.69) is 15.9 Å². The van der Waals surface area contributed by atoms with Crippen molar-refractivity contribution in [2.45, 2.75) is 33.2 Å². The molecule has 0 N–H and O–H groups in total. The molecule has 0 aliphatic carbocycles. The molecule has 126 valence electrons. The first-order valence-electron chi connectivity index (χ1n) is 7.82. The van der Waals surface area contributed by atoms with Gasteiger partial charge >= 0.3 is 0 Å². The summed E-state index contributed by atoms with van der Waals surface area (Å²) >= 11 is 10.1. The third-order valence-corrected chi connectivity index (χ3v) is 6.25. The lowest BCUT2D eigenvalue weighted by Gasteiger charge is -2.21. The summed E-state index contributed by atoms with van der Waals surface area (Å²) in [5.41, 5.74) is 2.10. The number of amides is 2. The van der Waals surface area contributed by atoms with E-state index in [-0.39, 0.29) is 17.9 Å². The molecule has 0 saturated carbocycles. The van der Waals surface area contributed by atoms with Crippen molar-refractivity contribution in [1.82, 2.24) is 4.90 Å². The van der Waals surface area contributed by atoms with Gasteiger partial charge in [0.25, 0.3) is 11.8 Å². The van der Waals surface area contributed by atoms with E-state index >= 15 is 0 Å². The molecule has 0 aromatic heterocycles. The van der Waals surface area contributed by atoms with Crippen molar-refractivity contribution in [3.05, 3.63) is 33.1 Å². The number of likely N-dealkylation sites (N-methyl/N-ethyl adjacent to an activating group) is 1. The molecule has 2 heterocycles. The maximum atomic E-state index is 12.9. The molecule has 7 heteroatoms. The predicted molar refractivity (Wildman–Crippen MR) is 106 cm³/mol. The maximum absolute atomic E-state index is 12.9. The molecule has 1 aromatic carbocycles. The van der Waals surface area contributed by atoms with Gasteiger partial charge < -0.3 is 4.90 Å². The van der Waals surface area contributed by atoms with E-state index in [0.717, 1.165) is 22.1 Å². The first kappa shape index (κ1) is 17.6. The number of thioether (sulfide) groups is 1. The van der Waals surface area contributed by atoms with Gasteiger partial charge in [-0.3, -0.25) is 14.5 Å². The van der Waals surface area contributed by atoms with Gasteiger partial charge in [-0.15, -0.1) is 0 Å². The number of hydrogen-bond donors (Lipinski definition) is 0. The average Bonchev–Trinajstić information content (AvgIpc) is 2.99. The summed E-state index contributed by atoms with van der Waals surface area (Å²) < 4.78 is 1.40. The second kappa shape index (κ2) is 6.61. The molecule has 0 spiro atoms. The van der Waals surface area contributed by atoms with Crippen LogP contribution >= 0.6 is 39.9 Å². The van der Waals surface area contributed by atoms with Crippen molar-refractivity contribution in [2.24, 2.45) is 0 Å². The van der Waals surface area contributed by atoms with Gasteiger partial charge in [-0.2, -0.15) is 0 Å². The van der Waals surface area contributed by atoms with E-state index in [1.54, 1.807) is 9.80 Å². The van der Waals surface area contributed by atoms with Crippen molar-refractivity contribution >= 4 is 67.3 Å². The number of anilines is 1. The van der Waals surface area contributed by atoms with Gasteiger partial charge in [0.05, 0.1) is 16.2 Å². The Morgan fingerprint density at radius 2 is 1.96 bits per heavy atom. The molecule has 2 aliphatic rings. The quantitative estimate of drug-likeness (QED) is 0.538.